The van der Waals surface area contributed by atoms with Gasteiger partial charge in [-0.1, -0.05) is 11.2 Å². The van der Waals surface area contributed by atoms with Gasteiger partial charge in [-0.25, -0.2) is 4.98 Å². The largest absolute Gasteiger partial charge is 0.365 e. The smallest absolute Gasteiger partial charge is 0.268 e. The molecule has 160 valence electrons. The van der Waals surface area contributed by atoms with Crippen molar-refractivity contribution in [1.82, 2.24) is 34.9 Å². The number of carbonyl (C=O) groups is 1. The zero-order valence-corrected chi connectivity index (χ0v) is 17.4. The van der Waals surface area contributed by atoms with Crippen molar-refractivity contribution >= 4 is 17.5 Å². The minimum Gasteiger partial charge on any atom is -0.365 e. The molecule has 1 spiro atoms. The Kier molecular flexibility index (Phi) is 3.33. The molecule has 31 heavy (non-hydrogen) atoms. The highest BCUT2D eigenvalue weighted by molar-refractivity contribution is 5.93. The summed E-state index contributed by atoms with van der Waals surface area (Å²) < 4.78 is 1.85. The third-order valence-corrected chi connectivity index (χ3v) is 8.76. The zero-order valence-electron chi connectivity index (χ0n) is 17.4. The molecule has 0 saturated heterocycles. The second kappa shape index (κ2) is 5.83. The van der Waals surface area contributed by atoms with Crippen LogP contribution in [-0.2, 0) is 6.54 Å². The first-order valence-electron chi connectivity index (χ1n) is 11.3. The highest BCUT2D eigenvalue weighted by Gasteiger charge is 2.70. The third-order valence-electron chi connectivity index (χ3n) is 8.76. The van der Waals surface area contributed by atoms with Crippen molar-refractivity contribution in [2.24, 2.45) is 28.6 Å². The first kappa shape index (κ1) is 17.7. The molecule has 0 aliphatic heterocycles. The lowest BCUT2D eigenvalue weighted by molar-refractivity contribution is -0.00254. The van der Waals surface area contributed by atoms with Gasteiger partial charge in [-0.05, 0) is 84.5 Å². The summed E-state index contributed by atoms with van der Waals surface area (Å²) in [5.74, 6) is 2.89. The second-order valence-electron chi connectivity index (χ2n) is 10.5. The Bertz CT molecular complexity index is 1210. The summed E-state index contributed by atoms with van der Waals surface area (Å²) >= 11 is 0. The SMILES string of the molecule is Nc1nnn(Cc2cn3c(C(=O)NCC45CC6CC7CC(C4)C7(C6)C5)cccc3n2)n1. The summed E-state index contributed by atoms with van der Waals surface area (Å²) in [4.78, 5) is 19.2. The number of aromatic nitrogens is 6. The molecule has 4 saturated carbocycles. The van der Waals surface area contributed by atoms with E-state index in [1.165, 1.54) is 43.3 Å². The van der Waals surface area contributed by atoms with E-state index in [-0.39, 0.29) is 11.9 Å². The van der Waals surface area contributed by atoms with Gasteiger partial charge in [-0.15, -0.1) is 5.10 Å². The van der Waals surface area contributed by atoms with Gasteiger partial charge in [0.15, 0.2) is 0 Å². The van der Waals surface area contributed by atoms with E-state index in [1.807, 2.05) is 28.8 Å². The molecule has 1 amide bonds. The minimum atomic E-state index is -0.0294. The second-order valence-corrected chi connectivity index (χ2v) is 10.5. The Hall–Kier alpha value is -2.97. The highest BCUT2D eigenvalue weighted by atomic mass is 16.1. The van der Waals surface area contributed by atoms with Crippen LogP contribution in [0.4, 0.5) is 5.95 Å². The molecule has 9 nitrogen and oxygen atoms in total. The number of nitrogen functional groups attached to an aromatic ring is 1. The fourth-order valence-corrected chi connectivity index (χ4v) is 7.89. The standard InChI is InChI=1S/C22H26N8O/c23-20-26-28-30(27-20)10-16-9-29-17(2-1-3-18(29)25-16)19(31)24-12-21-6-13-4-14-5-15(8-21)22(14,7-13)11-21/h1-3,9,13-15H,4-8,10-12H2,(H2,23,27)(H,24,31). The van der Waals surface area contributed by atoms with E-state index < -0.39 is 0 Å². The summed E-state index contributed by atoms with van der Waals surface area (Å²) in [6.45, 7) is 1.15. The van der Waals surface area contributed by atoms with Crippen molar-refractivity contribution in [3.05, 3.63) is 35.8 Å². The number of imidazole rings is 1. The van der Waals surface area contributed by atoms with E-state index >= 15 is 0 Å². The molecule has 5 atom stereocenters. The van der Waals surface area contributed by atoms with E-state index in [2.05, 4.69) is 25.7 Å². The number of hydrogen-bond donors (Lipinski definition) is 2. The van der Waals surface area contributed by atoms with E-state index in [0.29, 0.717) is 23.1 Å². The average Bonchev–Trinajstić information content (AvgIpc) is 3.43. The van der Waals surface area contributed by atoms with Gasteiger partial charge in [-0.2, -0.15) is 4.80 Å². The molecule has 3 heterocycles. The minimum absolute atomic E-state index is 0.0294. The van der Waals surface area contributed by atoms with Crippen LogP contribution in [0, 0.1) is 28.6 Å². The molecule has 7 rings (SSSR count). The number of fused-ring (bicyclic) bond motifs is 3. The number of amides is 1. The summed E-state index contributed by atoms with van der Waals surface area (Å²) in [7, 11) is 0. The van der Waals surface area contributed by atoms with E-state index in [1.54, 1.807) is 0 Å². The number of nitrogens with one attached hydrogen (secondary N) is 1. The van der Waals surface area contributed by atoms with E-state index in [0.717, 1.165) is 35.6 Å². The zero-order chi connectivity index (χ0) is 20.8. The lowest BCUT2D eigenvalue weighted by Gasteiger charge is -2.49. The molecule has 4 aliphatic carbocycles. The third kappa shape index (κ3) is 2.46. The van der Waals surface area contributed by atoms with Gasteiger partial charge in [0.05, 0.1) is 5.69 Å². The number of pyridine rings is 1. The molecule has 4 aliphatic rings. The maximum atomic E-state index is 13.2. The highest BCUT2D eigenvalue weighted by Crippen LogP contribution is 2.78. The van der Waals surface area contributed by atoms with Gasteiger partial charge < -0.3 is 11.1 Å². The number of anilines is 1. The molecule has 3 aromatic heterocycles. The summed E-state index contributed by atoms with van der Waals surface area (Å²) in [5, 5.41) is 14.9. The van der Waals surface area contributed by atoms with Gasteiger partial charge in [0.1, 0.15) is 17.9 Å². The van der Waals surface area contributed by atoms with Crippen molar-refractivity contribution in [2.75, 3.05) is 12.3 Å². The van der Waals surface area contributed by atoms with Crippen LogP contribution >= 0.6 is 0 Å². The Morgan fingerprint density at radius 1 is 1.23 bits per heavy atom. The lowest BCUT2D eigenvalue weighted by Crippen LogP contribution is -2.43. The topological polar surface area (TPSA) is 116 Å². The van der Waals surface area contributed by atoms with Crippen molar-refractivity contribution in [3.8, 4) is 0 Å². The van der Waals surface area contributed by atoms with Crippen molar-refractivity contribution in [3.63, 3.8) is 0 Å². The molecule has 4 fully saturated rings. The molecule has 5 unspecified atom stereocenters. The number of hydrogen-bond acceptors (Lipinski definition) is 6. The van der Waals surface area contributed by atoms with Crippen LogP contribution in [0.5, 0.6) is 0 Å². The quantitative estimate of drug-likeness (QED) is 0.654. The van der Waals surface area contributed by atoms with Crippen LogP contribution in [0.2, 0.25) is 0 Å². The number of tetrazole rings is 1. The number of nitrogens with zero attached hydrogens (tertiary/aromatic N) is 6. The number of nitrogens with two attached hydrogens (primary N) is 1. The van der Waals surface area contributed by atoms with Gasteiger partial charge in [0.2, 0.25) is 0 Å². The molecule has 0 aromatic carbocycles. The molecular weight excluding hydrogens is 392 g/mol. The lowest BCUT2D eigenvalue weighted by atomic mass is 9.55. The first-order valence-corrected chi connectivity index (χ1v) is 11.3. The normalized spacial score (nSPS) is 34.8. The maximum Gasteiger partial charge on any atom is 0.268 e. The van der Waals surface area contributed by atoms with Gasteiger partial charge >= 0.3 is 0 Å². The number of rotatable bonds is 5. The maximum absolute atomic E-state index is 13.2. The predicted octanol–water partition coefficient (Wildman–Crippen LogP) is 1.90. The summed E-state index contributed by atoms with van der Waals surface area (Å²) in [6, 6.07) is 5.63. The van der Waals surface area contributed by atoms with Gasteiger partial charge in [0, 0.05) is 12.7 Å². The van der Waals surface area contributed by atoms with Gasteiger partial charge in [0.25, 0.3) is 11.9 Å². The summed E-state index contributed by atoms with van der Waals surface area (Å²) in [5.41, 5.74) is 8.58. The van der Waals surface area contributed by atoms with Gasteiger partial charge in [-0.3, -0.25) is 9.20 Å². The van der Waals surface area contributed by atoms with Crippen LogP contribution in [-0.4, -0.2) is 42.0 Å². The summed E-state index contributed by atoms with van der Waals surface area (Å²) in [6.07, 6.45) is 10.2. The fourth-order valence-electron chi connectivity index (χ4n) is 7.89. The average molecular weight is 419 g/mol. The van der Waals surface area contributed by atoms with E-state index in [9.17, 15) is 4.79 Å². The van der Waals surface area contributed by atoms with Crippen LogP contribution < -0.4 is 11.1 Å². The van der Waals surface area contributed by atoms with E-state index in [4.69, 9.17) is 5.73 Å². The Morgan fingerprint density at radius 3 is 3.03 bits per heavy atom. The Balaban J connectivity index is 1.11. The molecule has 9 heteroatoms. The first-order chi connectivity index (χ1) is 15.0. The Morgan fingerprint density at radius 2 is 2.16 bits per heavy atom. The van der Waals surface area contributed by atoms with Crippen LogP contribution in [0.25, 0.3) is 5.65 Å². The van der Waals surface area contributed by atoms with Crippen LogP contribution in [0.15, 0.2) is 24.4 Å². The van der Waals surface area contributed by atoms with Crippen LogP contribution in [0.3, 0.4) is 0 Å². The van der Waals surface area contributed by atoms with Crippen molar-refractivity contribution < 1.29 is 4.79 Å². The Labute approximate surface area is 179 Å². The number of carbonyl (C=O) groups excluding carboxylic acids is 1. The monoisotopic (exact) mass is 418 g/mol. The molecule has 3 N–H and O–H groups in total. The molecule has 3 aromatic rings. The molecule has 3 bridgehead atoms. The fraction of sp³-hybridized carbons (Fsp3) is 0.591. The molecular formula is C22H26N8O. The predicted molar refractivity (Wildman–Crippen MR) is 112 cm³/mol. The van der Waals surface area contributed by atoms with Crippen molar-refractivity contribution in [2.45, 2.75) is 45.1 Å². The molecule has 0 radical (unpaired) electrons. The van der Waals surface area contributed by atoms with Crippen LogP contribution in [0.1, 0.15) is 54.7 Å². The van der Waals surface area contributed by atoms with Crippen molar-refractivity contribution in [1.29, 1.82) is 0 Å².